The molecule has 0 spiro atoms. The third-order valence-corrected chi connectivity index (χ3v) is 6.25. The van der Waals surface area contributed by atoms with Crippen molar-refractivity contribution >= 4 is 22.9 Å². The number of aromatic nitrogens is 2. The molecule has 7 nitrogen and oxygen atoms in total. The number of thiophene rings is 1. The Morgan fingerprint density at radius 2 is 2.00 bits per heavy atom. The minimum absolute atomic E-state index is 0.139. The van der Waals surface area contributed by atoms with Crippen molar-refractivity contribution in [3.63, 3.8) is 0 Å². The fourth-order valence-electron chi connectivity index (χ4n) is 3.72. The van der Waals surface area contributed by atoms with Gasteiger partial charge in [-0.1, -0.05) is 41.1 Å². The highest BCUT2D eigenvalue weighted by molar-refractivity contribution is 7.13. The van der Waals surface area contributed by atoms with Crippen LogP contribution in [0.25, 0.3) is 16.3 Å². The third kappa shape index (κ3) is 4.76. The molecule has 1 atom stereocenters. The minimum atomic E-state index is -0.372. The number of urea groups is 1. The number of hydrogen-bond donors (Lipinski definition) is 1. The summed E-state index contributed by atoms with van der Waals surface area (Å²) in [5, 5.41) is 9.31. The first-order valence-corrected chi connectivity index (χ1v) is 11.7. The average molecular weight is 453 g/mol. The Kier molecular flexibility index (Phi) is 6.72. The van der Waals surface area contributed by atoms with Gasteiger partial charge >= 0.3 is 6.03 Å². The number of aryl methyl sites for hydroxylation is 1. The summed E-state index contributed by atoms with van der Waals surface area (Å²) in [6, 6.07) is 11.5. The molecular weight excluding hydrogens is 424 g/mol. The predicted octanol–water partition coefficient (Wildman–Crippen LogP) is 5.42. The van der Waals surface area contributed by atoms with E-state index < -0.39 is 0 Å². The van der Waals surface area contributed by atoms with Crippen LogP contribution in [0.3, 0.4) is 0 Å². The molecule has 32 heavy (non-hydrogen) atoms. The molecule has 0 saturated carbocycles. The smallest absolute Gasteiger partial charge is 0.322 e. The number of rotatable bonds is 8. The number of hydrogen-bond acceptors (Lipinski definition) is 6. The van der Waals surface area contributed by atoms with Crippen LogP contribution in [0.2, 0.25) is 0 Å². The van der Waals surface area contributed by atoms with E-state index in [1.165, 1.54) is 0 Å². The molecular formula is C24H28N4O3S. The second-order valence-corrected chi connectivity index (χ2v) is 9.07. The van der Waals surface area contributed by atoms with E-state index in [-0.39, 0.29) is 18.2 Å². The van der Waals surface area contributed by atoms with E-state index >= 15 is 0 Å². The molecule has 8 heteroatoms. The molecule has 0 aliphatic carbocycles. The molecule has 1 unspecified atom stereocenters. The van der Waals surface area contributed by atoms with Crippen LogP contribution < -0.4 is 5.32 Å². The van der Waals surface area contributed by atoms with Gasteiger partial charge < -0.3 is 14.6 Å². The van der Waals surface area contributed by atoms with Gasteiger partial charge in [0.25, 0.3) is 5.89 Å². The maximum atomic E-state index is 13.0. The molecule has 3 heterocycles. The highest BCUT2D eigenvalue weighted by Crippen LogP contribution is 2.37. The van der Waals surface area contributed by atoms with E-state index in [1.807, 2.05) is 69.5 Å². The van der Waals surface area contributed by atoms with Crippen molar-refractivity contribution < 1.29 is 14.1 Å². The van der Waals surface area contributed by atoms with Gasteiger partial charge in [0.15, 0.2) is 0 Å². The summed E-state index contributed by atoms with van der Waals surface area (Å²) in [7, 11) is 0. The Morgan fingerprint density at radius 1 is 1.22 bits per heavy atom. The van der Waals surface area contributed by atoms with Gasteiger partial charge in [-0.05, 0) is 51.1 Å². The predicted molar refractivity (Wildman–Crippen MR) is 125 cm³/mol. The van der Waals surface area contributed by atoms with E-state index in [9.17, 15) is 4.79 Å². The van der Waals surface area contributed by atoms with Crippen LogP contribution in [0.1, 0.15) is 50.3 Å². The molecule has 0 radical (unpaired) electrons. The van der Waals surface area contributed by atoms with Crippen LogP contribution in [-0.2, 0) is 4.74 Å². The van der Waals surface area contributed by atoms with Gasteiger partial charge in [0.05, 0.1) is 22.6 Å². The highest BCUT2D eigenvalue weighted by atomic mass is 32.1. The lowest BCUT2D eigenvalue weighted by atomic mass is 9.94. The number of carbonyl (C=O) groups excluding carboxylic acids is 1. The average Bonchev–Trinajstić information content (AvgIpc) is 3.45. The largest absolute Gasteiger partial charge is 0.379 e. The Balaban J connectivity index is 1.69. The lowest BCUT2D eigenvalue weighted by Gasteiger charge is -2.35. The zero-order valence-electron chi connectivity index (χ0n) is 18.8. The number of nitrogens with zero attached hydrogens (tertiary/aromatic N) is 3. The van der Waals surface area contributed by atoms with Crippen molar-refractivity contribution in [3.05, 3.63) is 64.5 Å². The molecule has 3 aromatic rings. The molecule has 1 aromatic carbocycles. The normalized spacial score (nSPS) is 16.7. The van der Waals surface area contributed by atoms with Gasteiger partial charge in [-0.25, -0.2) is 4.79 Å². The van der Waals surface area contributed by atoms with Gasteiger partial charge in [0.2, 0.25) is 5.82 Å². The SMILES string of the molecule is CC1=C(c2nc(-c3cccs3)no2)C(c2ccc(C)cc2)NC(=O)N1CCCOC(C)C. The molecule has 2 aromatic heterocycles. The van der Waals surface area contributed by atoms with Crippen molar-refractivity contribution in [1.29, 1.82) is 0 Å². The van der Waals surface area contributed by atoms with Gasteiger partial charge in [0, 0.05) is 18.8 Å². The first-order chi connectivity index (χ1) is 15.4. The zero-order valence-corrected chi connectivity index (χ0v) is 19.6. The van der Waals surface area contributed by atoms with Crippen molar-refractivity contribution in [2.45, 2.75) is 46.3 Å². The summed E-state index contributed by atoms with van der Waals surface area (Å²) in [6.07, 6.45) is 0.896. The van der Waals surface area contributed by atoms with E-state index in [4.69, 9.17) is 9.26 Å². The molecule has 1 aliphatic heterocycles. The Labute approximate surface area is 192 Å². The number of amides is 2. The van der Waals surface area contributed by atoms with Gasteiger partial charge in [-0.2, -0.15) is 4.98 Å². The summed E-state index contributed by atoms with van der Waals surface area (Å²) in [4.78, 5) is 20.4. The summed E-state index contributed by atoms with van der Waals surface area (Å²) in [5.41, 5.74) is 3.75. The fourth-order valence-corrected chi connectivity index (χ4v) is 4.37. The number of carbonyl (C=O) groups is 1. The Bertz CT molecular complexity index is 1090. The second-order valence-electron chi connectivity index (χ2n) is 8.12. The molecule has 1 N–H and O–H groups in total. The minimum Gasteiger partial charge on any atom is -0.379 e. The molecule has 168 valence electrons. The summed E-state index contributed by atoms with van der Waals surface area (Å²) in [6.45, 7) is 9.12. The van der Waals surface area contributed by atoms with Crippen LogP contribution in [0.5, 0.6) is 0 Å². The monoisotopic (exact) mass is 452 g/mol. The Hall–Kier alpha value is -2.97. The fraction of sp³-hybridized carbons (Fsp3) is 0.375. The second kappa shape index (κ2) is 9.67. The quantitative estimate of drug-likeness (QED) is 0.462. The number of ether oxygens (including phenoxy) is 1. The summed E-state index contributed by atoms with van der Waals surface area (Å²) in [5.74, 6) is 0.964. The van der Waals surface area contributed by atoms with Crippen LogP contribution in [0.15, 0.2) is 52.0 Å². The van der Waals surface area contributed by atoms with E-state index in [0.717, 1.165) is 33.7 Å². The molecule has 0 fully saturated rings. The zero-order chi connectivity index (χ0) is 22.7. The highest BCUT2D eigenvalue weighted by Gasteiger charge is 2.35. The van der Waals surface area contributed by atoms with Crippen LogP contribution in [0.4, 0.5) is 4.79 Å². The lowest BCUT2D eigenvalue weighted by Crippen LogP contribution is -2.46. The lowest BCUT2D eigenvalue weighted by molar-refractivity contribution is 0.0736. The maximum Gasteiger partial charge on any atom is 0.322 e. The van der Waals surface area contributed by atoms with E-state index in [0.29, 0.717) is 24.9 Å². The van der Waals surface area contributed by atoms with Gasteiger partial charge in [-0.3, -0.25) is 4.90 Å². The van der Waals surface area contributed by atoms with Crippen LogP contribution in [-0.4, -0.2) is 40.3 Å². The van der Waals surface area contributed by atoms with Crippen molar-refractivity contribution in [2.75, 3.05) is 13.2 Å². The van der Waals surface area contributed by atoms with Crippen LogP contribution in [0, 0.1) is 6.92 Å². The molecule has 2 amide bonds. The Morgan fingerprint density at radius 3 is 2.69 bits per heavy atom. The number of allylic oxidation sites excluding steroid dienone is 1. The van der Waals surface area contributed by atoms with Gasteiger partial charge in [-0.15, -0.1) is 11.3 Å². The summed E-state index contributed by atoms with van der Waals surface area (Å²) < 4.78 is 11.3. The molecule has 1 aliphatic rings. The molecule has 4 rings (SSSR count). The molecule has 0 bridgehead atoms. The van der Waals surface area contributed by atoms with E-state index in [1.54, 1.807) is 16.2 Å². The third-order valence-electron chi connectivity index (χ3n) is 5.38. The van der Waals surface area contributed by atoms with Crippen molar-refractivity contribution in [2.24, 2.45) is 0 Å². The first kappa shape index (κ1) is 22.2. The van der Waals surface area contributed by atoms with E-state index in [2.05, 4.69) is 15.5 Å². The topological polar surface area (TPSA) is 80.5 Å². The summed E-state index contributed by atoms with van der Waals surface area (Å²) >= 11 is 1.56. The standard InChI is InChI=1S/C24H28N4O3S/c1-15(2)30-13-6-12-28-17(4)20(23-26-22(27-31-23)19-7-5-14-32-19)21(25-24(28)29)18-10-8-16(3)9-11-18/h5,7-11,14-15,21H,6,12-13H2,1-4H3,(H,25,29). The number of benzene rings is 1. The van der Waals surface area contributed by atoms with Gasteiger partial charge in [0.1, 0.15) is 0 Å². The molecule has 0 saturated heterocycles. The first-order valence-electron chi connectivity index (χ1n) is 10.8. The maximum absolute atomic E-state index is 13.0. The van der Waals surface area contributed by atoms with Crippen LogP contribution >= 0.6 is 11.3 Å². The van der Waals surface area contributed by atoms with Crippen molar-refractivity contribution in [3.8, 4) is 10.7 Å². The van der Waals surface area contributed by atoms with Crippen molar-refractivity contribution in [1.82, 2.24) is 20.4 Å². The number of nitrogens with one attached hydrogen (secondary N) is 1.